The van der Waals surface area contributed by atoms with Crippen molar-refractivity contribution in [2.45, 2.75) is 33.6 Å². The first-order valence-corrected chi connectivity index (χ1v) is 8.26. The lowest BCUT2D eigenvalue weighted by Gasteiger charge is -2.09. The maximum absolute atomic E-state index is 11.7. The summed E-state index contributed by atoms with van der Waals surface area (Å²) >= 11 is 2.26. The van der Waals surface area contributed by atoms with Crippen molar-refractivity contribution in [1.82, 2.24) is 5.32 Å². The molecule has 0 heterocycles. The molecule has 0 aliphatic rings. The number of nitrogens with one attached hydrogen (secondary N) is 1. The lowest BCUT2D eigenvalue weighted by atomic mass is 10.1. The molecule has 5 heteroatoms. The molecule has 1 N–H and O–H groups in total. The number of amides is 1. The van der Waals surface area contributed by atoms with E-state index in [1.165, 1.54) is 0 Å². The molecule has 0 fully saturated rings. The molecular formula is C16H22INO3. The summed E-state index contributed by atoms with van der Waals surface area (Å²) in [6.45, 7) is 6.57. The van der Waals surface area contributed by atoms with Gasteiger partial charge in [-0.3, -0.25) is 4.79 Å². The molecule has 0 unspecified atom stereocenters. The van der Waals surface area contributed by atoms with Crippen molar-refractivity contribution in [3.8, 4) is 0 Å². The summed E-state index contributed by atoms with van der Waals surface area (Å²) < 4.78 is 6.13. The van der Waals surface area contributed by atoms with Crippen LogP contribution in [0, 0.1) is 9.49 Å². The van der Waals surface area contributed by atoms with E-state index in [1.54, 1.807) is 13.0 Å². The Labute approximate surface area is 139 Å². The van der Waals surface area contributed by atoms with Crippen LogP contribution in [0.15, 0.2) is 18.2 Å². The van der Waals surface area contributed by atoms with Gasteiger partial charge >= 0.3 is 5.97 Å². The SMILES string of the molecule is CCOC(=O)c1ccc(I)c(CCCNC(=O)C(C)C)c1. The smallest absolute Gasteiger partial charge is 0.338 e. The van der Waals surface area contributed by atoms with Crippen molar-refractivity contribution >= 4 is 34.5 Å². The Balaban J connectivity index is 2.56. The van der Waals surface area contributed by atoms with E-state index in [0.29, 0.717) is 18.7 Å². The van der Waals surface area contributed by atoms with Crippen molar-refractivity contribution in [3.05, 3.63) is 32.9 Å². The number of halogens is 1. The monoisotopic (exact) mass is 403 g/mol. The maximum atomic E-state index is 11.7. The number of carbonyl (C=O) groups is 2. The molecule has 1 aromatic carbocycles. The quantitative estimate of drug-likeness (QED) is 0.432. The van der Waals surface area contributed by atoms with E-state index in [2.05, 4.69) is 27.9 Å². The van der Waals surface area contributed by atoms with E-state index in [-0.39, 0.29) is 17.8 Å². The van der Waals surface area contributed by atoms with Crippen LogP contribution in [0.2, 0.25) is 0 Å². The number of ether oxygens (including phenoxy) is 1. The number of hydrogen-bond donors (Lipinski definition) is 1. The van der Waals surface area contributed by atoms with Gasteiger partial charge in [0.25, 0.3) is 0 Å². The Bertz CT molecular complexity index is 500. The van der Waals surface area contributed by atoms with Crippen molar-refractivity contribution in [2.24, 2.45) is 5.92 Å². The first kappa shape index (κ1) is 17.9. The molecule has 0 atom stereocenters. The first-order valence-electron chi connectivity index (χ1n) is 7.19. The molecule has 1 rings (SSSR count). The zero-order chi connectivity index (χ0) is 15.8. The second kappa shape index (κ2) is 9.02. The van der Waals surface area contributed by atoms with Gasteiger partial charge in [-0.25, -0.2) is 4.79 Å². The van der Waals surface area contributed by atoms with Gasteiger partial charge in [0.1, 0.15) is 0 Å². The topological polar surface area (TPSA) is 55.4 Å². The van der Waals surface area contributed by atoms with Gasteiger partial charge in [0.15, 0.2) is 0 Å². The highest BCUT2D eigenvalue weighted by atomic mass is 127. The Kier molecular flexibility index (Phi) is 7.71. The summed E-state index contributed by atoms with van der Waals surface area (Å²) in [7, 11) is 0. The lowest BCUT2D eigenvalue weighted by molar-refractivity contribution is -0.123. The number of aryl methyl sites for hydroxylation is 1. The van der Waals surface area contributed by atoms with E-state index in [9.17, 15) is 9.59 Å². The van der Waals surface area contributed by atoms with Crippen molar-refractivity contribution in [2.75, 3.05) is 13.2 Å². The van der Waals surface area contributed by atoms with Gasteiger partial charge in [-0.05, 0) is 66.1 Å². The molecule has 21 heavy (non-hydrogen) atoms. The molecule has 0 bridgehead atoms. The van der Waals surface area contributed by atoms with Crippen LogP contribution in [-0.2, 0) is 16.0 Å². The minimum absolute atomic E-state index is 0.0114. The van der Waals surface area contributed by atoms with Gasteiger partial charge in [0.2, 0.25) is 5.91 Å². The van der Waals surface area contributed by atoms with Crippen molar-refractivity contribution < 1.29 is 14.3 Å². The molecule has 1 amide bonds. The minimum atomic E-state index is -0.289. The van der Waals surface area contributed by atoms with Crippen LogP contribution in [0.1, 0.15) is 43.1 Å². The van der Waals surface area contributed by atoms with Gasteiger partial charge in [0, 0.05) is 16.0 Å². The number of rotatable bonds is 7. The highest BCUT2D eigenvalue weighted by molar-refractivity contribution is 14.1. The highest BCUT2D eigenvalue weighted by Gasteiger charge is 2.10. The predicted molar refractivity (Wildman–Crippen MR) is 91.3 cm³/mol. The van der Waals surface area contributed by atoms with Crippen molar-refractivity contribution in [3.63, 3.8) is 0 Å². The molecule has 4 nitrogen and oxygen atoms in total. The fourth-order valence-corrected chi connectivity index (χ4v) is 2.41. The number of carbonyl (C=O) groups excluding carboxylic acids is 2. The zero-order valence-corrected chi connectivity index (χ0v) is 14.9. The van der Waals surface area contributed by atoms with Crippen molar-refractivity contribution in [1.29, 1.82) is 0 Å². The molecule has 0 saturated carbocycles. The fraction of sp³-hybridized carbons (Fsp3) is 0.500. The Hall–Kier alpha value is -1.11. The number of hydrogen-bond acceptors (Lipinski definition) is 3. The summed E-state index contributed by atoms with van der Waals surface area (Å²) in [6.07, 6.45) is 1.67. The van der Waals surface area contributed by atoms with Crippen LogP contribution in [0.5, 0.6) is 0 Å². The second-order valence-corrected chi connectivity index (χ2v) is 6.24. The number of benzene rings is 1. The Morgan fingerprint density at radius 2 is 2.05 bits per heavy atom. The average Bonchev–Trinajstić information content (AvgIpc) is 2.45. The van der Waals surface area contributed by atoms with Gasteiger partial charge in [-0.2, -0.15) is 0 Å². The molecule has 0 saturated heterocycles. The average molecular weight is 403 g/mol. The molecule has 0 aliphatic heterocycles. The van der Waals surface area contributed by atoms with E-state index >= 15 is 0 Å². The Morgan fingerprint density at radius 3 is 2.67 bits per heavy atom. The summed E-state index contributed by atoms with van der Waals surface area (Å²) in [5.74, 6) is -0.203. The molecule has 0 aromatic heterocycles. The molecular weight excluding hydrogens is 381 g/mol. The summed E-state index contributed by atoms with van der Waals surface area (Å²) in [5.41, 5.74) is 1.69. The van der Waals surface area contributed by atoms with E-state index in [1.807, 2.05) is 26.0 Å². The van der Waals surface area contributed by atoms with E-state index < -0.39 is 0 Å². The Morgan fingerprint density at radius 1 is 1.33 bits per heavy atom. The second-order valence-electron chi connectivity index (χ2n) is 5.08. The molecule has 0 spiro atoms. The third-order valence-electron chi connectivity index (χ3n) is 3.00. The number of esters is 1. The van der Waals surface area contributed by atoms with Crippen LogP contribution < -0.4 is 5.32 Å². The molecule has 116 valence electrons. The highest BCUT2D eigenvalue weighted by Crippen LogP contribution is 2.17. The summed E-state index contributed by atoms with van der Waals surface area (Å²) in [4.78, 5) is 23.2. The molecule has 0 aliphatic carbocycles. The van der Waals surface area contributed by atoms with Crippen LogP contribution >= 0.6 is 22.6 Å². The molecule has 1 aromatic rings. The van der Waals surface area contributed by atoms with Crippen LogP contribution in [0.4, 0.5) is 0 Å². The largest absolute Gasteiger partial charge is 0.462 e. The van der Waals surface area contributed by atoms with Crippen LogP contribution in [0.25, 0.3) is 0 Å². The molecule has 0 radical (unpaired) electrons. The standard InChI is InChI=1S/C16H22INO3/c1-4-21-16(20)13-7-8-14(17)12(10-13)6-5-9-18-15(19)11(2)3/h7-8,10-11H,4-6,9H2,1-3H3,(H,18,19). The predicted octanol–water partition coefficient (Wildman–Crippen LogP) is 3.17. The van der Waals surface area contributed by atoms with Gasteiger partial charge in [-0.15, -0.1) is 0 Å². The van der Waals surface area contributed by atoms with Gasteiger partial charge in [-0.1, -0.05) is 13.8 Å². The minimum Gasteiger partial charge on any atom is -0.462 e. The normalized spacial score (nSPS) is 10.5. The fourth-order valence-electron chi connectivity index (χ4n) is 1.80. The zero-order valence-electron chi connectivity index (χ0n) is 12.7. The van der Waals surface area contributed by atoms with Crippen LogP contribution in [0.3, 0.4) is 0 Å². The van der Waals surface area contributed by atoms with E-state index in [4.69, 9.17) is 4.74 Å². The van der Waals surface area contributed by atoms with Crippen LogP contribution in [-0.4, -0.2) is 25.0 Å². The van der Waals surface area contributed by atoms with Gasteiger partial charge in [0.05, 0.1) is 12.2 Å². The third-order valence-corrected chi connectivity index (χ3v) is 4.06. The first-order chi connectivity index (χ1) is 9.95. The van der Waals surface area contributed by atoms with Gasteiger partial charge < -0.3 is 10.1 Å². The maximum Gasteiger partial charge on any atom is 0.338 e. The summed E-state index contributed by atoms with van der Waals surface area (Å²) in [5, 5.41) is 2.90. The van der Waals surface area contributed by atoms with E-state index in [0.717, 1.165) is 22.0 Å². The lowest BCUT2D eigenvalue weighted by Crippen LogP contribution is -2.28. The third kappa shape index (κ3) is 6.03. The summed E-state index contributed by atoms with van der Waals surface area (Å²) in [6, 6.07) is 5.59.